The minimum atomic E-state index is -0.304. The lowest BCUT2D eigenvalue weighted by Gasteiger charge is -2.18. The van der Waals surface area contributed by atoms with E-state index < -0.39 is 0 Å². The molecule has 0 saturated heterocycles. The van der Waals surface area contributed by atoms with Gasteiger partial charge < -0.3 is 10.5 Å². The van der Waals surface area contributed by atoms with Crippen LogP contribution in [0.3, 0.4) is 0 Å². The van der Waals surface area contributed by atoms with E-state index in [-0.39, 0.29) is 6.04 Å². The summed E-state index contributed by atoms with van der Waals surface area (Å²) in [6, 6.07) is 9.11. The fourth-order valence-corrected chi connectivity index (χ4v) is 2.32. The van der Waals surface area contributed by atoms with Crippen molar-refractivity contribution in [3.63, 3.8) is 0 Å². The topological polar surface area (TPSA) is 48.1 Å². The Morgan fingerprint density at radius 3 is 2.53 bits per heavy atom. The van der Waals surface area contributed by atoms with Crippen LogP contribution < -0.4 is 10.5 Å². The minimum absolute atomic E-state index is 0.304. The van der Waals surface area contributed by atoms with E-state index >= 15 is 0 Å². The molecule has 1 aromatic carbocycles. The molecule has 2 rings (SSSR count). The lowest BCUT2D eigenvalue weighted by Crippen LogP contribution is -2.15. The maximum absolute atomic E-state index is 6.33. The van der Waals surface area contributed by atoms with Crippen LogP contribution in [-0.2, 0) is 0 Å². The predicted molar refractivity (Wildman–Crippen MR) is 77.7 cm³/mol. The second-order valence-electron chi connectivity index (χ2n) is 4.49. The van der Waals surface area contributed by atoms with E-state index in [1.807, 2.05) is 38.1 Å². The number of pyridine rings is 1. The average Bonchev–Trinajstić information content (AvgIpc) is 2.38. The summed E-state index contributed by atoms with van der Waals surface area (Å²) in [7, 11) is 1.62. The summed E-state index contributed by atoms with van der Waals surface area (Å²) in [5.41, 5.74) is 10.1. The number of nitrogens with zero attached hydrogens (tertiary/aromatic N) is 1. The van der Waals surface area contributed by atoms with Crippen molar-refractivity contribution in [2.75, 3.05) is 7.11 Å². The average molecular weight is 277 g/mol. The third kappa shape index (κ3) is 2.88. The summed E-state index contributed by atoms with van der Waals surface area (Å²) in [5.74, 6) is 0.733. The standard InChI is InChI=1S/C15H17ClN2O/c1-9-4-6-12(10(2)18-9)15(17)13-8-11(16)5-7-14(13)19-3/h4-8,15H,17H2,1-3H3. The van der Waals surface area contributed by atoms with Gasteiger partial charge in [-0.3, -0.25) is 4.98 Å². The van der Waals surface area contributed by atoms with E-state index in [0.717, 1.165) is 28.3 Å². The van der Waals surface area contributed by atoms with Gasteiger partial charge in [-0.25, -0.2) is 0 Å². The maximum Gasteiger partial charge on any atom is 0.124 e. The zero-order valence-corrected chi connectivity index (χ0v) is 12.0. The number of aromatic nitrogens is 1. The van der Waals surface area contributed by atoms with Crippen LogP contribution in [0.25, 0.3) is 0 Å². The van der Waals surface area contributed by atoms with Crippen LogP contribution in [0.2, 0.25) is 5.02 Å². The number of benzene rings is 1. The number of ether oxygens (including phenoxy) is 1. The van der Waals surface area contributed by atoms with Crippen molar-refractivity contribution < 1.29 is 4.74 Å². The van der Waals surface area contributed by atoms with Gasteiger partial charge in [0.2, 0.25) is 0 Å². The second-order valence-corrected chi connectivity index (χ2v) is 4.93. The fraction of sp³-hybridized carbons (Fsp3) is 0.267. The third-order valence-electron chi connectivity index (χ3n) is 3.13. The fourth-order valence-electron chi connectivity index (χ4n) is 2.14. The third-order valence-corrected chi connectivity index (χ3v) is 3.36. The van der Waals surface area contributed by atoms with Crippen molar-refractivity contribution in [1.29, 1.82) is 0 Å². The molecule has 0 fully saturated rings. The molecule has 0 spiro atoms. The highest BCUT2D eigenvalue weighted by Gasteiger charge is 2.17. The number of rotatable bonds is 3. The van der Waals surface area contributed by atoms with E-state index in [9.17, 15) is 0 Å². The largest absolute Gasteiger partial charge is 0.496 e. The molecule has 2 N–H and O–H groups in total. The van der Waals surface area contributed by atoms with Gasteiger partial charge in [-0.1, -0.05) is 17.7 Å². The smallest absolute Gasteiger partial charge is 0.124 e. The number of hydrogen-bond donors (Lipinski definition) is 1. The van der Waals surface area contributed by atoms with Crippen LogP contribution >= 0.6 is 11.6 Å². The Labute approximate surface area is 118 Å². The van der Waals surface area contributed by atoms with Crippen LogP contribution in [0.15, 0.2) is 30.3 Å². The van der Waals surface area contributed by atoms with Crippen molar-refractivity contribution in [3.05, 3.63) is 57.9 Å². The SMILES string of the molecule is COc1ccc(Cl)cc1C(N)c1ccc(C)nc1C. The minimum Gasteiger partial charge on any atom is -0.496 e. The molecular weight excluding hydrogens is 260 g/mol. The Morgan fingerprint density at radius 1 is 1.16 bits per heavy atom. The highest BCUT2D eigenvalue weighted by Crippen LogP contribution is 2.31. The number of hydrogen-bond acceptors (Lipinski definition) is 3. The van der Waals surface area contributed by atoms with Crippen molar-refractivity contribution >= 4 is 11.6 Å². The molecule has 0 bridgehead atoms. The first-order valence-electron chi connectivity index (χ1n) is 6.06. The summed E-state index contributed by atoms with van der Waals surface area (Å²) >= 11 is 6.04. The van der Waals surface area contributed by atoms with Crippen LogP contribution in [-0.4, -0.2) is 12.1 Å². The predicted octanol–water partition coefficient (Wildman–Crippen LogP) is 3.41. The summed E-state index contributed by atoms with van der Waals surface area (Å²) < 4.78 is 5.35. The Hall–Kier alpha value is -1.58. The molecule has 1 atom stereocenters. The van der Waals surface area contributed by atoms with E-state index in [0.29, 0.717) is 5.02 Å². The zero-order valence-electron chi connectivity index (χ0n) is 11.3. The number of nitrogens with two attached hydrogens (primary N) is 1. The van der Waals surface area contributed by atoms with Gasteiger partial charge in [0.1, 0.15) is 5.75 Å². The number of halogens is 1. The number of aryl methyl sites for hydroxylation is 2. The Kier molecular flexibility index (Phi) is 4.08. The molecule has 100 valence electrons. The van der Waals surface area contributed by atoms with Gasteiger partial charge in [0.15, 0.2) is 0 Å². The molecule has 4 heteroatoms. The van der Waals surface area contributed by atoms with Crippen molar-refractivity contribution in [2.45, 2.75) is 19.9 Å². The molecule has 2 aromatic rings. The summed E-state index contributed by atoms with van der Waals surface area (Å²) in [6.07, 6.45) is 0. The van der Waals surface area contributed by atoms with Gasteiger partial charge >= 0.3 is 0 Å². The molecule has 0 aliphatic rings. The summed E-state index contributed by atoms with van der Waals surface area (Å²) in [6.45, 7) is 3.92. The van der Waals surface area contributed by atoms with Crippen LogP contribution in [0.4, 0.5) is 0 Å². The van der Waals surface area contributed by atoms with Gasteiger partial charge in [0, 0.05) is 22.0 Å². The first-order valence-corrected chi connectivity index (χ1v) is 6.44. The number of methoxy groups -OCH3 is 1. The van der Waals surface area contributed by atoms with Crippen LogP contribution in [0.5, 0.6) is 5.75 Å². The van der Waals surface area contributed by atoms with Crippen molar-refractivity contribution in [1.82, 2.24) is 4.98 Å². The summed E-state index contributed by atoms with van der Waals surface area (Å²) in [4.78, 5) is 4.44. The summed E-state index contributed by atoms with van der Waals surface area (Å²) in [5, 5.41) is 0.643. The van der Waals surface area contributed by atoms with E-state index in [4.69, 9.17) is 22.1 Å². The molecule has 0 aliphatic carbocycles. The Bertz CT molecular complexity index is 599. The molecule has 1 aromatic heterocycles. The van der Waals surface area contributed by atoms with E-state index in [1.165, 1.54) is 0 Å². The van der Waals surface area contributed by atoms with E-state index in [2.05, 4.69) is 4.98 Å². The molecule has 1 heterocycles. The lowest BCUT2D eigenvalue weighted by molar-refractivity contribution is 0.408. The van der Waals surface area contributed by atoms with Crippen molar-refractivity contribution in [3.8, 4) is 5.75 Å². The second kappa shape index (κ2) is 5.59. The maximum atomic E-state index is 6.33. The highest BCUT2D eigenvalue weighted by atomic mass is 35.5. The first-order chi connectivity index (χ1) is 9.02. The first kappa shape index (κ1) is 13.8. The molecule has 0 aliphatic heterocycles. The van der Waals surface area contributed by atoms with Gasteiger partial charge in [-0.05, 0) is 43.7 Å². The van der Waals surface area contributed by atoms with Gasteiger partial charge in [0.05, 0.1) is 13.2 Å². The van der Waals surface area contributed by atoms with Crippen molar-refractivity contribution in [2.24, 2.45) is 5.73 Å². The quantitative estimate of drug-likeness (QED) is 0.935. The molecule has 1 unspecified atom stereocenters. The molecular formula is C15H17ClN2O. The Balaban J connectivity index is 2.49. The Morgan fingerprint density at radius 2 is 1.89 bits per heavy atom. The highest BCUT2D eigenvalue weighted by molar-refractivity contribution is 6.30. The molecule has 0 amide bonds. The van der Waals surface area contributed by atoms with Crippen LogP contribution in [0.1, 0.15) is 28.6 Å². The molecule has 0 radical (unpaired) electrons. The molecule has 0 saturated carbocycles. The molecule has 3 nitrogen and oxygen atoms in total. The van der Waals surface area contributed by atoms with Crippen LogP contribution in [0, 0.1) is 13.8 Å². The zero-order chi connectivity index (χ0) is 14.0. The monoisotopic (exact) mass is 276 g/mol. The molecule has 19 heavy (non-hydrogen) atoms. The van der Waals surface area contributed by atoms with Gasteiger partial charge in [0.25, 0.3) is 0 Å². The normalized spacial score (nSPS) is 12.3. The van der Waals surface area contributed by atoms with E-state index in [1.54, 1.807) is 13.2 Å². The van der Waals surface area contributed by atoms with Gasteiger partial charge in [-0.2, -0.15) is 0 Å². The lowest BCUT2D eigenvalue weighted by atomic mass is 9.97. The van der Waals surface area contributed by atoms with Gasteiger partial charge in [-0.15, -0.1) is 0 Å².